The number of esters is 1. The molecule has 1 amide bonds. The lowest BCUT2D eigenvalue weighted by Gasteiger charge is -2.18. The lowest BCUT2D eigenvalue weighted by Crippen LogP contribution is -2.30. The molecular formula is C19H21BrN2O4. The predicted octanol–water partition coefficient (Wildman–Crippen LogP) is 3.04. The smallest absolute Gasteiger partial charge is 0.342 e. The lowest BCUT2D eigenvalue weighted by molar-refractivity contribution is -0.133. The van der Waals surface area contributed by atoms with Crippen LogP contribution in [0.2, 0.25) is 0 Å². The van der Waals surface area contributed by atoms with Crippen LogP contribution in [0.3, 0.4) is 0 Å². The van der Waals surface area contributed by atoms with Gasteiger partial charge in [-0.3, -0.25) is 4.79 Å². The first-order chi connectivity index (χ1) is 12.3. The van der Waals surface area contributed by atoms with E-state index in [9.17, 15) is 14.7 Å². The number of anilines is 1. The highest BCUT2D eigenvalue weighted by molar-refractivity contribution is 9.10. The minimum absolute atomic E-state index is 0.00843. The number of aromatic hydroxyl groups is 1. The van der Waals surface area contributed by atoms with Crippen LogP contribution >= 0.6 is 15.9 Å². The SMILES string of the molecule is CN(Cc1ccc(N(C)C)cc1)C(=O)COC(=O)c1cc(Br)ccc1O. The molecule has 0 aromatic heterocycles. The Morgan fingerprint density at radius 2 is 1.73 bits per heavy atom. The van der Waals surface area contributed by atoms with Crippen molar-refractivity contribution in [3.8, 4) is 5.75 Å². The Bertz CT molecular complexity index is 791. The maximum atomic E-state index is 12.2. The van der Waals surface area contributed by atoms with E-state index in [1.165, 1.54) is 17.0 Å². The van der Waals surface area contributed by atoms with Gasteiger partial charge in [0, 0.05) is 37.8 Å². The number of amides is 1. The molecule has 0 fully saturated rings. The molecule has 138 valence electrons. The average molecular weight is 421 g/mol. The van der Waals surface area contributed by atoms with Crippen molar-refractivity contribution in [2.24, 2.45) is 0 Å². The Balaban J connectivity index is 1.90. The molecule has 0 aliphatic heterocycles. The van der Waals surface area contributed by atoms with Crippen molar-refractivity contribution in [1.29, 1.82) is 0 Å². The van der Waals surface area contributed by atoms with Crippen LogP contribution in [0, 0.1) is 0 Å². The molecule has 0 spiro atoms. The van der Waals surface area contributed by atoms with E-state index in [0.717, 1.165) is 11.3 Å². The van der Waals surface area contributed by atoms with Crippen molar-refractivity contribution in [3.05, 3.63) is 58.1 Å². The van der Waals surface area contributed by atoms with Gasteiger partial charge in [0.15, 0.2) is 6.61 Å². The summed E-state index contributed by atoms with van der Waals surface area (Å²) < 4.78 is 5.65. The summed E-state index contributed by atoms with van der Waals surface area (Å²) in [4.78, 5) is 27.7. The number of ether oxygens (including phenoxy) is 1. The molecule has 7 heteroatoms. The summed E-state index contributed by atoms with van der Waals surface area (Å²) in [7, 11) is 5.57. The van der Waals surface area contributed by atoms with Crippen molar-refractivity contribution >= 4 is 33.5 Å². The summed E-state index contributed by atoms with van der Waals surface area (Å²) in [5.41, 5.74) is 2.06. The lowest BCUT2D eigenvalue weighted by atomic mass is 10.2. The first kappa shape index (κ1) is 19.8. The summed E-state index contributed by atoms with van der Waals surface area (Å²) in [6.45, 7) is 0.0172. The average Bonchev–Trinajstić information content (AvgIpc) is 2.61. The topological polar surface area (TPSA) is 70.1 Å². The minimum Gasteiger partial charge on any atom is -0.507 e. The van der Waals surface area contributed by atoms with Crippen molar-refractivity contribution in [2.75, 3.05) is 32.6 Å². The van der Waals surface area contributed by atoms with Crippen LogP contribution in [0.1, 0.15) is 15.9 Å². The van der Waals surface area contributed by atoms with Crippen LogP contribution in [0.25, 0.3) is 0 Å². The Morgan fingerprint density at radius 1 is 1.08 bits per heavy atom. The van der Waals surface area contributed by atoms with Crippen molar-refractivity contribution in [2.45, 2.75) is 6.54 Å². The monoisotopic (exact) mass is 420 g/mol. The summed E-state index contributed by atoms with van der Waals surface area (Å²) in [5.74, 6) is -1.27. The Labute approximate surface area is 161 Å². The minimum atomic E-state index is -0.749. The number of phenolic OH excluding ortho intramolecular Hbond substituents is 1. The standard InChI is InChI=1S/C19H21BrN2O4/c1-21(2)15-7-4-13(5-8-15)11-22(3)18(24)12-26-19(25)16-10-14(20)6-9-17(16)23/h4-10,23H,11-12H2,1-3H3. The molecule has 0 heterocycles. The molecule has 2 aromatic rings. The zero-order chi connectivity index (χ0) is 19.3. The van der Waals surface area contributed by atoms with Crippen molar-refractivity contribution in [3.63, 3.8) is 0 Å². The summed E-state index contributed by atoms with van der Waals surface area (Å²) >= 11 is 3.22. The summed E-state index contributed by atoms with van der Waals surface area (Å²) in [6.07, 6.45) is 0. The van der Waals surface area contributed by atoms with E-state index in [1.807, 2.05) is 43.3 Å². The number of phenols is 1. The molecule has 0 radical (unpaired) electrons. The van der Waals surface area contributed by atoms with Crippen molar-refractivity contribution in [1.82, 2.24) is 4.90 Å². The highest BCUT2D eigenvalue weighted by Crippen LogP contribution is 2.22. The van der Waals surface area contributed by atoms with Crippen LogP contribution in [-0.2, 0) is 16.1 Å². The van der Waals surface area contributed by atoms with Gasteiger partial charge in [0.1, 0.15) is 11.3 Å². The van der Waals surface area contributed by atoms with Crippen LogP contribution < -0.4 is 4.90 Å². The second-order valence-corrected chi connectivity index (χ2v) is 6.96. The fourth-order valence-electron chi connectivity index (χ4n) is 2.25. The van der Waals surface area contributed by atoms with E-state index in [1.54, 1.807) is 13.1 Å². The van der Waals surface area contributed by atoms with Gasteiger partial charge in [0.2, 0.25) is 0 Å². The van der Waals surface area contributed by atoms with E-state index in [2.05, 4.69) is 15.9 Å². The van der Waals surface area contributed by atoms with E-state index in [4.69, 9.17) is 4.74 Å². The van der Waals surface area contributed by atoms with Gasteiger partial charge in [-0.1, -0.05) is 28.1 Å². The second kappa shape index (κ2) is 8.71. The van der Waals surface area contributed by atoms with E-state index < -0.39 is 12.6 Å². The molecule has 1 N–H and O–H groups in total. The van der Waals surface area contributed by atoms with Gasteiger partial charge in [-0.2, -0.15) is 0 Å². The maximum Gasteiger partial charge on any atom is 0.342 e. The summed E-state index contributed by atoms with van der Waals surface area (Å²) in [5, 5.41) is 9.72. The number of rotatable bonds is 6. The van der Waals surface area contributed by atoms with Gasteiger partial charge in [0.25, 0.3) is 5.91 Å². The third-order valence-corrected chi connectivity index (χ3v) is 4.30. The van der Waals surface area contributed by atoms with E-state index >= 15 is 0 Å². The molecule has 2 aromatic carbocycles. The number of carbonyl (C=O) groups excluding carboxylic acids is 2. The fourth-order valence-corrected chi connectivity index (χ4v) is 2.61. The predicted molar refractivity (Wildman–Crippen MR) is 103 cm³/mol. The molecular weight excluding hydrogens is 400 g/mol. The first-order valence-corrected chi connectivity index (χ1v) is 8.73. The Kier molecular flexibility index (Phi) is 6.63. The molecule has 2 rings (SSSR count). The maximum absolute atomic E-state index is 12.2. The molecule has 6 nitrogen and oxygen atoms in total. The van der Waals surface area contributed by atoms with Crippen molar-refractivity contribution < 1.29 is 19.4 Å². The van der Waals surface area contributed by atoms with Gasteiger partial charge < -0.3 is 19.6 Å². The fraction of sp³-hybridized carbons (Fsp3) is 0.263. The normalized spacial score (nSPS) is 10.3. The van der Waals surface area contributed by atoms with Crippen LogP contribution in [-0.4, -0.2) is 49.6 Å². The highest BCUT2D eigenvalue weighted by atomic mass is 79.9. The molecule has 0 bridgehead atoms. The summed E-state index contributed by atoms with van der Waals surface area (Å²) in [6, 6.07) is 12.3. The second-order valence-electron chi connectivity index (χ2n) is 6.05. The molecule has 26 heavy (non-hydrogen) atoms. The zero-order valence-electron chi connectivity index (χ0n) is 14.9. The number of nitrogens with zero attached hydrogens (tertiary/aromatic N) is 2. The number of hydrogen-bond acceptors (Lipinski definition) is 5. The zero-order valence-corrected chi connectivity index (χ0v) is 16.5. The van der Waals surface area contributed by atoms with Gasteiger partial charge in [-0.05, 0) is 35.9 Å². The number of likely N-dealkylation sites (N-methyl/N-ethyl adjacent to an activating group) is 1. The quantitative estimate of drug-likeness (QED) is 0.727. The molecule has 0 aliphatic rings. The van der Waals surface area contributed by atoms with E-state index in [-0.39, 0.29) is 17.2 Å². The van der Waals surface area contributed by atoms with Gasteiger partial charge in [-0.15, -0.1) is 0 Å². The van der Waals surface area contributed by atoms with Gasteiger partial charge in [-0.25, -0.2) is 4.79 Å². The number of halogens is 1. The Morgan fingerprint density at radius 3 is 2.35 bits per heavy atom. The molecule has 0 saturated carbocycles. The van der Waals surface area contributed by atoms with Gasteiger partial charge in [0.05, 0.1) is 0 Å². The molecule has 0 atom stereocenters. The molecule has 0 saturated heterocycles. The number of hydrogen-bond donors (Lipinski definition) is 1. The number of benzene rings is 2. The largest absolute Gasteiger partial charge is 0.507 e. The van der Waals surface area contributed by atoms with Crippen LogP contribution in [0.5, 0.6) is 5.75 Å². The highest BCUT2D eigenvalue weighted by Gasteiger charge is 2.17. The van der Waals surface area contributed by atoms with Crippen LogP contribution in [0.4, 0.5) is 5.69 Å². The molecule has 0 unspecified atom stereocenters. The van der Waals surface area contributed by atoms with Crippen LogP contribution in [0.15, 0.2) is 46.9 Å². The third kappa shape index (κ3) is 5.23. The molecule has 0 aliphatic carbocycles. The van der Waals surface area contributed by atoms with Gasteiger partial charge >= 0.3 is 5.97 Å². The van der Waals surface area contributed by atoms with E-state index in [0.29, 0.717) is 11.0 Å². The third-order valence-electron chi connectivity index (χ3n) is 3.80. The Hall–Kier alpha value is -2.54. The first-order valence-electron chi connectivity index (χ1n) is 7.94. The number of carbonyl (C=O) groups is 2.